The number of aliphatic hydroxyl groups is 1. The summed E-state index contributed by atoms with van der Waals surface area (Å²) in [6, 6.07) is 7.88. The van der Waals surface area contributed by atoms with Gasteiger partial charge in [0.2, 0.25) is 0 Å². The second-order valence-electron chi connectivity index (χ2n) is 8.87. The first-order valence-corrected chi connectivity index (χ1v) is 11.3. The zero-order chi connectivity index (χ0) is 22.8. The van der Waals surface area contributed by atoms with E-state index in [-0.39, 0.29) is 6.10 Å². The zero-order valence-electron chi connectivity index (χ0n) is 18.9. The van der Waals surface area contributed by atoms with Gasteiger partial charge in [0.05, 0.1) is 29.5 Å². The highest BCUT2D eigenvalue weighted by Crippen LogP contribution is 2.24. The zero-order valence-corrected chi connectivity index (χ0v) is 18.9. The van der Waals surface area contributed by atoms with Gasteiger partial charge in [-0.05, 0) is 42.2 Å². The van der Waals surface area contributed by atoms with Crippen LogP contribution in [-0.2, 0) is 6.54 Å². The Bertz CT molecular complexity index is 1250. The summed E-state index contributed by atoms with van der Waals surface area (Å²) in [4.78, 5) is 11.6. The third-order valence-corrected chi connectivity index (χ3v) is 5.90. The predicted molar refractivity (Wildman–Crippen MR) is 127 cm³/mol. The van der Waals surface area contributed by atoms with E-state index >= 15 is 0 Å². The summed E-state index contributed by atoms with van der Waals surface area (Å²) in [6.45, 7) is 7.65. The lowest BCUT2D eigenvalue weighted by atomic mass is 10.1. The van der Waals surface area contributed by atoms with Crippen LogP contribution in [0.5, 0.6) is 0 Å². The maximum absolute atomic E-state index is 9.38. The maximum Gasteiger partial charge on any atom is 0.154 e. The van der Waals surface area contributed by atoms with Gasteiger partial charge in [0.25, 0.3) is 0 Å². The summed E-state index contributed by atoms with van der Waals surface area (Å²) in [7, 11) is 0. The molecule has 0 saturated carbocycles. The summed E-state index contributed by atoms with van der Waals surface area (Å²) >= 11 is 0. The summed E-state index contributed by atoms with van der Waals surface area (Å²) in [5.41, 5.74) is 4.74. The van der Waals surface area contributed by atoms with E-state index in [4.69, 9.17) is 4.98 Å². The first kappa shape index (κ1) is 21.4. The highest BCUT2D eigenvalue weighted by Gasteiger charge is 2.23. The van der Waals surface area contributed by atoms with Crippen molar-refractivity contribution in [2.45, 2.75) is 38.8 Å². The number of nitrogens with zero attached hydrogens (tertiary/aromatic N) is 7. The number of likely N-dealkylation sites (tertiary alicyclic amines) is 1. The van der Waals surface area contributed by atoms with Gasteiger partial charge in [0.15, 0.2) is 5.82 Å². The van der Waals surface area contributed by atoms with Crippen LogP contribution in [-0.4, -0.2) is 65.7 Å². The van der Waals surface area contributed by atoms with E-state index in [0.29, 0.717) is 17.6 Å². The fourth-order valence-corrected chi connectivity index (χ4v) is 3.94. The Morgan fingerprint density at radius 3 is 2.73 bits per heavy atom. The Labute approximate surface area is 192 Å². The monoisotopic (exact) mass is 444 g/mol. The van der Waals surface area contributed by atoms with Crippen molar-refractivity contribution in [2.24, 2.45) is 0 Å². The number of rotatable bonds is 8. The maximum atomic E-state index is 9.38. The number of hydrogen-bond donors (Lipinski definition) is 2. The summed E-state index contributed by atoms with van der Waals surface area (Å²) in [6.07, 6.45) is 8.41. The number of nitrogens with one attached hydrogen (secondary N) is 1. The molecular weight excluding hydrogens is 416 g/mol. The second kappa shape index (κ2) is 9.21. The van der Waals surface area contributed by atoms with Crippen molar-refractivity contribution < 1.29 is 5.11 Å². The smallest absolute Gasteiger partial charge is 0.154 e. The molecule has 0 aromatic carbocycles. The SMILES string of the molecule is CC(C)c1cnnc(Nc2ccc3ncc(-c4cnn(CCCN5CC(O)C5)c4)cc3n2)c1. The number of hydrogen-bond acceptors (Lipinski definition) is 8. The van der Waals surface area contributed by atoms with Gasteiger partial charge in [-0.1, -0.05) is 13.8 Å². The molecule has 2 N–H and O–H groups in total. The number of anilines is 2. The van der Waals surface area contributed by atoms with Gasteiger partial charge in [-0.25, -0.2) is 4.98 Å². The number of aromatic nitrogens is 6. The van der Waals surface area contributed by atoms with E-state index in [0.717, 1.165) is 60.3 Å². The van der Waals surface area contributed by atoms with E-state index in [1.165, 1.54) is 0 Å². The fourth-order valence-electron chi connectivity index (χ4n) is 3.94. The first-order chi connectivity index (χ1) is 16.0. The van der Waals surface area contributed by atoms with Crippen molar-refractivity contribution in [1.29, 1.82) is 0 Å². The number of β-amino-alcohol motifs (C(OH)–C–C–N with tert-alkyl or cyclic N) is 1. The number of fused-ring (bicyclic) bond motifs is 1. The van der Waals surface area contributed by atoms with Crippen molar-refractivity contribution in [3.63, 3.8) is 0 Å². The molecule has 5 rings (SSSR count). The lowest BCUT2D eigenvalue weighted by Crippen LogP contribution is -2.50. The van der Waals surface area contributed by atoms with Crippen molar-refractivity contribution >= 4 is 22.7 Å². The number of aryl methyl sites for hydroxylation is 1. The molecule has 33 heavy (non-hydrogen) atoms. The molecule has 0 radical (unpaired) electrons. The highest BCUT2D eigenvalue weighted by molar-refractivity contribution is 5.81. The normalized spacial score (nSPS) is 14.7. The van der Waals surface area contributed by atoms with E-state index in [1.807, 2.05) is 47.5 Å². The van der Waals surface area contributed by atoms with Crippen LogP contribution in [0, 0.1) is 0 Å². The molecule has 0 unspecified atom stereocenters. The van der Waals surface area contributed by atoms with Crippen molar-refractivity contribution in [3.05, 3.63) is 54.6 Å². The van der Waals surface area contributed by atoms with Gasteiger partial charge in [-0.15, -0.1) is 5.10 Å². The molecule has 4 aromatic heterocycles. The molecule has 5 heterocycles. The molecule has 9 nitrogen and oxygen atoms in total. The standard InChI is InChI=1S/C24H28N8O/c1-16(2)17-9-24(30-26-11-17)29-23-5-4-21-22(28-23)8-18(10-25-21)19-12-27-32(13-19)7-3-6-31-14-20(33)15-31/h4-5,8-13,16,20,33H,3,6-7,14-15H2,1-2H3,(H,28,29,30). The molecular formula is C24H28N8O. The van der Waals surface area contributed by atoms with Crippen LogP contribution in [0.4, 0.5) is 11.6 Å². The lowest BCUT2D eigenvalue weighted by molar-refractivity contribution is 0.00112. The fraction of sp³-hybridized carbons (Fsp3) is 0.375. The van der Waals surface area contributed by atoms with Gasteiger partial charge < -0.3 is 10.4 Å². The number of pyridine rings is 2. The molecule has 170 valence electrons. The van der Waals surface area contributed by atoms with Crippen molar-refractivity contribution in [2.75, 3.05) is 25.0 Å². The van der Waals surface area contributed by atoms with Gasteiger partial charge in [-0.2, -0.15) is 10.2 Å². The summed E-state index contributed by atoms with van der Waals surface area (Å²) < 4.78 is 1.96. The van der Waals surface area contributed by atoms with E-state index in [2.05, 4.69) is 44.3 Å². The summed E-state index contributed by atoms with van der Waals surface area (Å²) in [5.74, 6) is 1.75. The van der Waals surface area contributed by atoms with Crippen LogP contribution >= 0.6 is 0 Å². The molecule has 1 fully saturated rings. The van der Waals surface area contributed by atoms with Crippen LogP contribution in [0.25, 0.3) is 22.2 Å². The Morgan fingerprint density at radius 2 is 1.91 bits per heavy atom. The molecule has 0 spiro atoms. The van der Waals surface area contributed by atoms with Crippen LogP contribution in [0.15, 0.2) is 49.1 Å². The predicted octanol–water partition coefficient (Wildman–Crippen LogP) is 3.22. The van der Waals surface area contributed by atoms with E-state index in [9.17, 15) is 5.11 Å². The molecule has 0 aliphatic carbocycles. The molecule has 0 atom stereocenters. The average molecular weight is 445 g/mol. The third-order valence-electron chi connectivity index (χ3n) is 5.90. The van der Waals surface area contributed by atoms with Gasteiger partial charge in [-0.3, -0.25) is 14.6 Å². The lowest BCUT2D eigenvalue weighted by Gasteiger charge is -2.35. The van der Waals surface area contributed by atoms with Crippen LogP contribution in [0.1, 0.15) is 31.7 Å². The van der Waals surface area contributed by atoms with Crippen molar-refractivity contribution in [3.8, 4) is 11.1 Å². The van der Waals surface area contributed by atoms with Crippen LogP contribution in [0.3, 0.4) is 0 Å². The first-order valence-electron chi connectivity index (χ1n) is 11.3. The van der Waals surface area contributed by atoms with Crippen LogP contribution in [0.2, 0.25) is 0 Å². The highest BCUT2D eigenvalue weighted by atomic mass is 16.3. The topological polar surface area (TPSA) is 105 Å². The molecule has 9 heteroatoms. The van der Waals surface area contributed by atoms with Crippen LogP contribution < -0.4 is 5.32 Å². The van der Waals surface area contributed by atoms with Gasteiger partial charge >= 0.3 is 0 Å². The van der Waals surface area contributed by atoms with E-state index in [1.54, 1.807) is 6.20 Å². The van der Waals surface area contributed by atoms with Crippen molar-refractivity contribution in [1.82, 2.24) is 34.8 Å². The molecule has 1 aliphatic heterocycles. The quantitative estimate of drug-likeness (QED) is 0.427. The number of aliphatic hydroxyl groups excluding tert-OH is 1. The minimum absolute atomic E-state index is 0.149. The van der Waals surface area contributed by atoms with E-state index < -0.39 is 0 Å². The molecule has 0 amide bonds. The largest absolute Gasteiger partial charge is 0.390 e. The van der Waals surface area contributed by atoms with Gasteiger partial charge in [0.1, 0.15) is 5.82 Å². The Kier molecular flexibility index (Phi) is 5.97. The van der Waals surface area contributed by atoms with Gasteiger partial charge in [0, 0.05) is 49.7 Å². The Morgan fingerprint density at radius 1 is 1.03 bits per heavy atom. The summed E-state index contributed by atoms with van der Waals surface area (Å²) in [5, 5.41) is 25.4. The molecule has 1 saturated heterocycles. The third kappa shape index (κ3) is 4.99. The average Bonchev–Trinajstić information content (AvgIpc) is 3.26. The minimum Gasteiger partial charge on any atom is -0.390 e. The second-order valence-corrected chi connectivity index (χ2v) is 8.87. The minimum atomic E-state index is -0.149. The Balaban J connectivity index is 1.29. The molecule has 1 aliphatic rings. The molecule has 4 aromatic rings. The molecule has 0 bridgehead atoms. The Hall–Kier alpha value is -3.43.